The van der Waals surface area contributed by atoms with Gasteiger partial charge in [-0.25, -0.2) is 4.79 Å². The van der Waals surface area contributed by atoms with Gasteiger partial charge in [-0.3, -0.25) is 14.3 Å². The van der Waals surface area contributed by atoms with Crippen LogP contribution in [0.2, 0.25) is 0 Å². The number of ether oxygens (including phenoxy) is 3. The van der Waals surface area contributed by atoms with Crippen LogP contribution in [0.5, 0.6) is 5.75 Å². The molecule has 1 aromatic heterocycles. The summed E-state index contributed by atoms with van der Waals surface area (Å²) in [6.45, 7) is -0.0554. The van der Waals surface area contributed by atoms with Crippen LogP contribution < -0.4 is 16.0 Å². The first-order valence-electron chi connectivity index (χ1n) is 7.68. The summed E-state index contributed by atoms with van der Waals surface area (Å²) in [5, 5.41) is 10.4. The van der Waals surface area contributed by atoms with Gasteiger partial charge >= 0.3 is 5.69 Å². The van der Waals surface area contributed by atoms with Crippen molar-refractivity contribution in [2.75, 3.05) is 13.4 Å². The summed E-state index contributed by atoms with van der Waals surface area (Å²) in [5.41, 5.74) is -1.24. The van der Waals surface area contributed by atoms with Gasteiger partial charge < -0.3 is 19.3 Å². The van der Waals surface area contributed by atoms with Crippen molar-refractivity contribution >= 4 is 27.5 Å². The molecule has 1 saturated heterocycles. The van der Waals surface area contributed by atoms with Gasteiger partial charge in [-0.1, -0.05) is 45.7 Å². The van der Waals surface area contributed by atoms with Gasteiger partial charge in [0.2, 0.25) is 0 Å². The van der Waals surface area contributed by atoms with Gasteiger partial charge in [0.25, 0.3) is 5.56 Å². The molecule has 0 spiro atoms. The van der Waals surface area contributed by atoms with Gasteiger partial charge in [-0.05, 0) is 12.1 Å². The Balaban J connectivity index is 1.63. The molecule has 8 nitrogen and oxygen atoms in total. The Kier molecular flexibility index (Phi) is 5.83. The molecule has 0 radical (unpaired) electrons. The van der Waals surface area contributed by atoms with Crippen LogP contribution in [0.1, 0.15) is 6.23 Å². The molecular formula is C16H16BrClN2O6. The first kappa shape index (κ1) is 19.1. The van der Waals surface area contributed by atoms with E-state index in [4.69, 9.17) is 25.8 Å². The van der Waals surface area contributed by atoms with Crippen molar-refractivity contribution in [2.45, 2.75) is 22.2 Å². The molecule has 2 N–H and O–H groups in total. The van der Waals surface area contributed by atoms with Gasteiger partial charge in [0.05, 0.1) is 6.61 Å². The molecule has 0 saturated carbocycles. The number of aliphatic hydroxyl groups excluding tert-OH is 1. The first-order chi connectivity index (χ1) is 12.4. The second-order valence-electron chi connectivity index (χ2n) is 5.61. The van der Waals surface area contributed by atoms with Gasteiger partial charge in [0.1, 0.15) is 18.0 Å². The molecule has 1 fully saturated rings. The van der Waals surface area contributed by atoms with E-state index >= 15 is 0 Å². The number of hydrogen-bond donors (Lipinski definition) is 2. The lowest BCUT2D eigenvalue weighted by Crippen LogP contribution is -2.41. The zero-order valence-corrected chi connectivity index (χ0v) is 15.7. The molecule has 0 bridgehead atoms. The predicted molar refractivity (Wildman–Crippen MR) is 96.6 cm³/mol. The monoisotopic (exact) mass is 446 g/mol. The Morgan fingerprint density at radius 1 is 1.31 bits per heavy atom. The van der Waals surface area contributed by atoms with Crippen molar-refractivity contribution < 1.29 is 19.3 Å². The van der Waals surface area contributed by atoms with Gasteiger partial charge in [-0.15, -0.1) is 0 Å². The minimum atomic E-state index is -1.47. The molecule has 1 aliphatic rings. The molecule has 0 aliphatic carbocycles. The number of aliphatic hydroxyl groups is 1. The quantitative estimate of drug-likeness (QED) is 0.392. The fourth-order valence-corrected chi connectivity index (χ4v) is 3.43. The van der Waals surface area contributed by atoms with E-state index in [0.29, 0.717) is 5.75 Å². The van der Waals surface area contributed by atoms with Crippen LogP contribution in [0.15, 0.2) is 52.2 Å². The fraction of sp³-hybridized carbons (Fsp3) is 0.375. The smallest absolute Gasteiger partial charge is 0.330 e. The number of nitrogens with zero attached hydrogens (tertiary/aromatic N) is 1. The third-order valence-corrected chi connectivity index (χ3v) is 5.09. The Bertz CT molecular complexity index is 856. The maximum atomic E-state index is 12.0. The van der Waals surface area contributed by atoms with Crippen molar-refractivity contribution in [3.8, 4) is 5.75 Å². The van der Waals surface area contributed by atoms with E-state index in [-0.39, 0.29) is 13.4 Å². The van der Waals surface area contributed by atoms with Crippen molar-refractivity contribution in [2.24, 2.45) is 0 Å². The molecular weight excluding hydrogens is 432 g/mol. The number of aromatic nitrogens is 2. The molecule has 0 amide bonds. The summed E-state index contributed by atoms with van der Waals surface area (Å²) < 4.78 is 16.1. The van der Waals surface area contributed by atoms with Crippen molar-refractivity contribution in [1.82, 2.24) is 9.55 Å². The number of halogens is 2. The zero-order chi connectivity index (χ0) is 18.7. The average molecular weight is 448 g/mol. The van der Waals surface area contributed by atoms with E-state index in [2.05, 4.69) is 20.9 Å². The number of aromatic amines is 1. The Morgan fingerprint density at radius 3 is 2.73 bits per heavy atom. The lowest BCUT2D eigenvalue weighted by Gasteiger charge is -2.24. The molecule has 1 aromatic carbocycles. The lowest BCUT2D eigenvalue weighted by atomic mass is 10.2. The third kappa shape index (κ3) is 4.02. The van der Waals surface area contributed by atoms with Crippen molar-refractivity contribution in [3.63, 3.8) is 0 Å². The van der Waals surface area contributed by atoms with E-state index in [0.717, 1.165) is 10.6 Å². The second kappa shape index (κ2) is 7.93. The molecule has 140 valence electrons. The predicted octanol–water partition coefficient (Wildman–Crippen LogP) is 1.18. The number of H-pyrrole nitrogens is 1. The lowest BCUT2D eigenvalue weighted by molar-refractivity contribution is -0.0867. The Hall–Kier alpha value is -1.65. The van der Waals surface area contributed by atoms with Crippen LogP contribution in [0.3, 0.4) is 0 Å². The minimum Gasteiger partial charge on any atom is -0.468 e. The maximum absolute atomic E-state index is 12.0. The molecule has 2 aromatic rings. The van der Waals surface area contributed by atoms with Crippen LogP contribution in [-0.4, -0.2) is 44.0 Å². The maximum Gasteiger partial charge on any atom is 0.330 e. The highest BCUT2D eigenvalue weighted by Crippen LogP contribution is 2.47. The normalized spacial score (nSPS) is 28.2. The van der Waals surface area contributed by atoms with E-state index in [9.17, 15) is 14.7 Å². The van der Waals surface area contributed by atoms with E-state index < -0.39 is 33.5 Å². The zero-order valence-electron chi connectivity index (χ0n) is 13.4. The Labute approximate surface area is 161 Å². The average Bonchev–Trinajstić information content (AvgIpc) is 2.83. The van der Waals surface area contributed by atoms with Gasteiger partial charge in [-0.2, -0.15) is 0 Å². The third-order valence-electron chi connectivity index (χ3n) is 3.82. The van der Waals surface area contributed by atoms with Crippen LogP contribution >= 0.6 is 27.5 Å². The number of nitrogens with one attached hydrogen (secondary N) is 1. The second-order valence-corrected chi connectivity index (χ2v) is 8.00. The van der Waals surface area contributed by atoms with Crippen LogP contribution in [-0.2, 0) is 9.47 Å². The first-order valence-corrected chi connectivity index (χ1v) is 8.85. The SMILES string of the molecule is O=c1ccn([C@@H]2O[C@H](COCOc3ccccc3)[C@@H](O)[C@@]2(Cl)Br)c(=O)[nH]1. The number of benzene rings is 1. The number of hydrogen-bond acceptors (Lipinski definition) is 6. The molecule has 26 heavy (non-hydrogen) atoms. The summed E-state index contributed by atoms with van der Waals surface area (Å²) >= 11 is 9.54. The Morgan fingerprint density at radius 2 is 2.04 bits per heavy atom. The minimum absolute atomic E-state index is 0.0112. The summed E-state index contributed by atoms with van der Waals surface area (Å²) in [7, 11) is 0. The van der Waals surface area contributed by atoms with Gasteiger partial charge in [0.15, 0.2) is 16.8 Å². The number of para-hydroxylation sites is 1. The molecule has 0 unspecified atom stereocenters. The van der Waals surface area contributed by atoms with Crippen molar-refractivity contribution in [1.29, 1.82) is 0 Å². The highest BCUT2D eigenvalue weighted by Gasteiger charge is 2.55. The molecule has 3 rings (SSSR count). The fourth-order valence-electron chi connectivity index (χ4n) is 2.51. The van der Waals surface area contributed by atoms with Crippen LogP contribution in [0.4, 0.5) is 0 Å². The summed E-state index contributed by atoms with van der Waals surface area (Å²) in [4.78, 5) is 25.3. The topological polar surface area (TPSA) is 103 Å². The van der Waals surface area contributed by atoms with E-state index in [1.165, 1.54) is 6.20 Å². The molecule has 2 heterocycles. The number of alkyl halides is 2. The highest BCUT2D eigenvalue weighted by atomic mass is 79.9. The summed E-state index contributed by atoms with van der Waals surface area (Å²) in [5.74, 6) is 0.644. The highest BCUT2D eigenvalue weighted by molar-refractivity contribution is 9.10. The standard InChI is InChI=1S/C16H16BrClN2O6/c17-16(18)13(22)11(8-24-9-25-10-4-2-1-3-5-10)26-14(16)20-7-6-12(21)19-15(20)23/h1-7,11,13-14,22H,8-9H2,(H,19,21,23)/t11-,13-,14-,16+/m1/s1. The van der Waals surface area contributed by atoms with Crippen LogP contribution in [0.25, 0.3) is 0 Å². The van der Waals surface area contributed by atoms with Crippen LogP contribution in [0, 0.1) is 0 Å². The van der Waals surface area contributed by atoms with Crippen molar-refractivity contribution in [3.05, 3.63) is 63.4 Å². The molecule has 1 aliphatic heterocycles. The summed E-state index contributed by atoms with van der Waals surface area (Å²) in [6.07, 6.45) is -1.79. The van der Waals surface area contributed by atoms with E-state index in [1.807, 2.05) is 18.2 Å². The largest absolute Gasteiger partial charge is 0.468 e. The van der Waals surface area contributed by atoms with Gasteiger partial charge in [0, 0.05) is 12.3 Å². The molecule has 10 heteroatoms. The molecule has 4 atom stereocenters. The summed E-state index contributed by atoms with van der Waals surface area (Å²) in [6, 6.07) is 10.3. The van der Waals surface area contributed by atoms with E-state index in [1.54, 1.807) is 12.1 Å². The number of rotatable bonds is 6.